The molecule has 2 rings (SSSR count). The van der Waals surface area contributed by atoms with Gasteiger partial charge < -0.3 is 14.7 Å². The van der Waals surface area contributed by atoms with Crippen LogP contribution < -0.4 is 0 Å². The largest absolute Gasteiger partial charge is 0.480 e. The molecule has 0 bridgehead atoms. The number of sulfonamides is 1. The number of carboxylic acids is 1. The van der Waals surface area contributed by atoms with E-state index in [1.165, 1.54) is 21.0 Å². The van der Waals surface area contributed by atoms with Crippen molar-refractivity contribution < 1.29 is 27.9 Å². The first kappa shape index (κ1) is 16.5. The van der Waals surface area contributed by atoms with Crippen LogP contribution >= 0.6 is 11.8 Å². The number of ether oxygens (including phenoxy) is 1. The molecule has 2 fully saturated rings. The van der Waals surface area contributed by atoms with Gasteiger partial charge in [0.15, 0.2) is 0 Å². The van der Waals surface area contributed by atoms with Crippen molar-refractivity contribution in [3.8, 4) is 0 Å². The maximum Gasteiger partial charge on any atom is 0.327 e. The Morgan fingerprint density at radius 1 is 1.29 bits per heavy atom. The Kier molecular flexibility index (Phi) is 5.47. The minimum absolute atomic E-state index is 0.190. The molecule has 0 aliphatic carbocycles. The van der Waals surface area contributed by atoms with Gasteiger partial charge in [0.2, 0.25) is 15.9 Å². The van der Waals surface area contributed by atoms with Gasteiger partial charge in [-0.25, -0.2) is 13.2 Å². The molecule has 21 heavy (non-hydrogen) atoms. The van der Waals surface area contributed by atoms with Gasteiger partial charge in [0.1, 0.15) is 6.04 Å². The van der Waals surface area contributed by atoms with Crippen LogP contribution in [0.15, 0.2) is 0 Å². The number of carbonyl (C=O) groups excluding carboxylic acids is 1. The normalized spacial score (nSPS) is 24.2. The monoisotopic (exact) mass is 338 g/mol. The Balaban J connectivity index is 1.89. The molecule has 0 saturated carbocycles. The summed E-state index contributed by atoms with van der Waals surface area (Å²) in [6, 6.07) is -0.853. The van der Waals surface area contributed by atoms with Gasteiger partial charge in [-0.3, -0.25) is 4.79 Å². The summed E-state index contributed by atoms with van der Waals surface area (Å²) in [7, 11) is -3.49. The van der Waals surface area contributed by atoms with Crippen LogP contribution in [0.2, 0.25) is 0 Å². The molecule has 1 unspecified atom stereocenters. The zero-order valence-electron chi connectivity index (χ0n) is 11.4. The second kappa shape index (κ2) is 6.95. The Bertz CT molecular complexity index is 503. The zero-order valence-corrected chi connectivity index (χ0v) is 13.1. The van der Waals surface area contributed by atoms with Crippen LogP contribution in [-0.2, 0) is 24.3 Å². The molecule has 0 radical (unpaired) electrons. The Hall–Kier alpha value is -0.840. The summed E-state index contributed by atoms with van der Waals surface area (Å²) in [4.78, 5) is 24.3. The maximum atomic E-state index is 12.1. The van der Waals surface area contributed by atoms with Gasteiger partial charge in [-0.05, 0) is 0 Å². The predicted octanol–water partition coefficient (Wildman–Crippen LogP) is -0.975. The number of carboxylic acid groups (broad SMARTS) is 1. The molecule has 10 heteroatoms. The second-order valence-corrected chi connectivity index (χ2v) is 7.88. The molecular weight excluding hydrogens is 320 g/mol. The van der Waals surface area contributed by atoms with Crippen LogP contribution in [0.1, 0.15) is 6.42 Å². The molecule has 8 nitrogen and oxygen atoms in total. The van der Waals surface area contributed by atoms with Crippen molar-refractivity contribution >= 4 is 33.7 Å². The predicted molar refractivity (Wildman–Crippen MR) is 76.4 cm³/mol. The van der Waals surface area contributed by atoms with Crippen LogP contribution in [0.25, 0.3) is 0 Å². The van der Waals surface area contributed by atoms with E-state index in [0.717, 1.165) is 0 Å². The highest BCUT2D eigenvalue weighted by molar-refractivity contribution is 7.99. The van der Waals surface area contributed by atoms with E-state index in [9.17, 15) is 18.0 Å². The van der Waals surface area contributed by atoms with Crippen LogP contribution in [0, 0.1) is 0 Å². The van der Waals surface area contributed by atoms with E-state index >= 15 is 0 Å². The van der Waals surface area contributed by atoms with E-state index in [4.69, 9.17) is 9.84 Å². The maximum absolute atomic E-state index is 12.1. The van der Waals surface area contributed by atoms with Crippen molar-refractivity contribution in [2.75, 3.05) is 43.7 Å². The van der Waals surface area contributed by atoms with Gasteiger partial charge in [-0.2, -0.15) is 4.31 Å². The first-order chi connectivity index (χ1) is 9.92. The Morgan fingerprint density at radius 2 is 1.95 bits per heavy atom. The third-order valence-corrected chi connectivity index (χ3v) is 6.31. The van der Waals surface area contributed by atoms with Gasteiger partial charge in [0.05, 0.1) is 24.8 Å². The molecule has 0 aromatic rings. The van der Waals surface area contributed by atoms with E-state index in [1.807, 2.05) is 0 Å². The number of nitrogens with zero attached hydrogens (tertiary/aromatic N) is 2. The SMILES string of the molecule is O=C(O)C1CSCN1C(=O)CCS(=O)(=O)N1CCOCC1. The number of hydrogen-bond acceptors (Lipinski definition) is 6. The summed E-state index contributed by atoms with van der Waals surface area (Å²) < 4.78 is 30.6. The summed E-state index contributed by atoms with van der Waals surface area (Å²) in [5.74, 6) is -1.13. The fraction of sp³-hybridized carbons (Fsp3) is 0.818. The van der Waals surface area contributed by atoms with Gasteiger partial charge >= 0.3 is 5.97 Å². The van der Waals surface area contributed by atoms with Gasteiger partial charge in [-0.15, -0.1) is 11.8 Å². The lowest BCUT2D eigenvalue weighted by Crippen LogP contribution is -2.44. The zero-order chi connectivity index (χ0) is 15.5. The molecule has 0 aromatic heterocycles. The quantitative estimate of drug-likeness (QED) is 0.687. The third kappa shape index (κ3) is 4.09. The highest BCUT2D eigenvalue weighted by Gasteiger charge is 2.35. The van der Waals surface area contributed by atoms with Crippen molar-refractivity contribution in [2.24, 2.45) is 0 Å². The van der Waals surface area contributed by atoms with E-state index in [1.54, 1.807) is 0 Å². The number of morpholine rings is 1. The van der Waals surface area contributed by atoms with E-state index in [-0.39, 0.29) is 12.2 Å². The lowest BCUT2D eigenvalue weighted by Gasteiger charge is -2.26. The number of thioether (sulfide) groups is 1. The number of rotatable bonds is 5. The van der Waals surface area contributed by atoms with Gasteiger partial charge in [0.25, 0.3) is 0 Å². The van der Waals surface area contributed by atoms with Crippen molar-refractivity contribution in [2.45, 2.75) is 12.5 Å². The number of amides is 1. The lowest BCUT2D eigenvalue weighted by molar-refractivity contribution is -0.147. The molecule has 1 atom stereocenters. The smallest absolute Gasteiger partial charge is 0.327 e. The summed E-state index contributed by atoms with van der Waals surface area (Å²) in [6.45, 7) is 1.32. The first-order valence-electron chi connectivity index (χ1n) is 6.57. The number of carbonyl (C=O) groups is 2. The summed E-state index contributed by atoms with van der Waals surface area (Å²) in [5, 5.41) is 9.02. The molecule has 2 heterocycles. The second-order valence-electron chi connectivity index (χ2n) is 4.79. The molecule has 1 amide bonds. The highest BCUT2D eigenvalue weighted by atomic mass is 32.2. The summed E-state index contributed by atoms with van der Waals surface area (Å²) in [5.41, 5.74) is 0. The highest BCUT2D eigenvalue weighted by Crippen LogP contribution is 2.22. The van der Waals surface area contributed by atoms with Crippen molar-refractivity contribution in [1.29, 1.82) is 0 Å². The average molecular weight is 338 g/mol. The molecule has 1 N–H and O–H groups in total. The number of aliphatic carboxylic acids is 1. The fourth-order valence-corrected chi connectivity index (χ4v) is 4.77. The van der Waals surface area contributed by atoms with Crippen LogP contribution in [-0.4, -0.2) is 84.3 Å². The van der Waals surface area contributed by atoms with Gasteiger partial charge in [0, 0.05) is 25.3 Å². The molecular formula is C11H18N2O6S2. The van der Waals surface area contributed by atoms with Gasteiger partial charge in [-0.1, -0.05) is 0 Å². The minimum Gasteiger partial charge on any atom is -0.480 e. The summed E-state index contributed by atoms with van der Waals surface area (Å²) in [6.07, 6.45) is -0.190. The average Bonchev–Trinajstić information content (AvgIpc) is 2.95. The molecule has 2 aliphatic heterocycles. The van der Waals surface area contributed by atoms with E-state index in [0.29, 0.717) is 37.9 Å². The lowest BCUT2D eigenvalue weighted by atomic mass is 10.3. The van der Waals surface area contributed by atoms with Crippen LogP contribution in [0.4, 0.5) is 0 Å². The fourth-order valence-electron chi connectivity index (χ4n) is 2.21. The Labute approximate surface area is 127 Å². The third-order valence-electron chi connectivity index (χ3n) is 3.43. The van der Waals surface area contributed by atoms with Crippen molar-refractivity contribution in [3.63, 3.8) is 0 Å². The molecule has 120 valence electrons. The van der Waals surface area contributed by atoms with Crippen molar-refractivity contribution in [1.82, 2.24) is 9.21 Å². The molecule has 0 aromatic carbocycles. The minimum atomic E-state index is -3.49. The van der Waals surface area contributed by atoms with Crippen LogP contribution in [0.5, 0.6) is 0 Å². The topological polar surface area (TPSA) is 104 Å². The van der Waals surface area contributed by atoms with E-state index in [2.05, 4.69) is 0 Å². The standard InChI is InChI=1S/C11H18N2O6S2/c14-10(13-8-20-7-9(13)11(15)16)1-6-21(17,18)12-2-4-19-5-3-12/h9H,1-8H2,(H,15,16). The summed E-state index contributed by atoms with van der Waals surface area (Å²) >= 11 is 1.36. The Morgan fingerprint density at radius 3 is 2.57 bits per heavy atom. The number of hydrogen-bond donors (Lipinski definition) is 1. The molecule has 2 aliphatic rings. The van der Waals surface area contributed by atoms with Crippen molar-refractivity contribution in [3.05, 3.63) is 0 Å². The van der Waals surface area contributed by atoms with E-state index < -0.39 is 27.9 Å². The first-order valence-corrected chi connectivity index (χ1v) is 9.34. The van der Waals surface area contributed by atoms with Crippen LogP contribution in [0.3, 0.4) is 0 Å². The molecule has 2 saturated heterocycles. The molecule has 0 spiro atoms.